The first-order valence-electron chi connectivity index (χ1n) is 15.3. The summed E-state index contributed by atoms with van der Waals surface area (Å²) in [7, 11) is 5.42. The van der Waals surface area contributed by atoms with Crippen molar-refractivity contribution in [3.8, 4) is 45.5 Å². The van der Waals surface area contributed by atoms with Crippen LogP contribution in [0.1, 0.15) is 18.7 Å². The summed E-state index contributed by atoms with van der Waals surface area (Å²) in [5.41, 5.74) is 3.21. The lowest BCUT2D eigenvalue weighted by Crippen LogP contribution is -2.40. The number of aromatic nitrogens is 5. The van der Waals surface area contributed by atoms with Gasteiger partial charge >= 0.3 is 6.01 Å². The van der Waals surface area contributed by atoms with Crippen molar-refractivity contribution >= 4 is 27.3 Å². The van der Waals surface area contributed by atoms with Gasteiger partial charge in [0.05, 0.1) is 36.1 Å². The summed E-state index contributed by atoms with van der Waals surface area (Å²) in [4.78, 5) is 30.2. The maximum absolute atomic E-state index is 16.0. The fourth-order valence-corrected chi connectivity index (χ4v) is 6.62. The van der Waals surface area contributed by atoms with Gasteiger partial charge in [0.1, 0.15) is 42.0 Å². The number of ether oxygens (including phenoxy) is 3. The van der Waals surface area contributed by atoms with E-state index in [-0.39, 0.29) is 42.5 Å². The number of hydrogen-bond donors (Lipinski definition) is 0. The second-order valence-electron chi connectivity index (χ2n) is 11.4. The number of fused-ring (bicyclic) bond motifs is 2. The minimum Gasteiger partial charge on any atom is -0.490 e. The Labute approximate surface area is 280 Å². The molecule has 0 N–H and O–H groups in total. The Morgan fingerprint density at radius 2 is 1.88 bits per heavy atom. The highest BCUT2D eigenvalue weighted by atomic mass is 32.1. The van der Waals surface area contributed by atoms with Crippen molar-refractivity contribution in [3.05, 3.63) is 72.0 Å². The fraction of sp³-hybridized carbons (Fsp3) is 0.324. The number of benzene rings is 1. The summed E-state index contributed by atoms with van der Waals surface area (Å²) in [6.07, 6.45) is 4.57. The summed E-state index contributed by atoms with van der Waals surface area (Å²) in [6, 6.07) is 5.67. The highest BCUT2D eigenvalue weighted by Gasteiger charge is 2.31. The molecule has 5 heterocycles. The van der Waals surface area contributed by atoms with E-state index in [0.29, 0.717) is 59.1 Å². The summed E-state index contributed by atoms with van der Waals surface area (Å²) in [5.74, 6) is -1.76. The first-order chi connectivity index (χ1) is 23.2. The van der Waals surface area contributed by atoms with E-state index < -0.39 is 11.6 Å². The molecule has 1 amide bonds. The first kappa shape index (κ1) is 33.1. The second-order valence-corrected chi connectivity index (χ2v) is 12.4. The monoisotopic (exact) mass is 675 g/mol. The van der Waals surface area contributed by atoms with Gasteiger partial charge in [0, 0.05) is 65.9 Å². The largest absolute Gasteiger partial charge is 0.490 e. The Morgan fingerprint density at radius 1 is 1.08 bits per heavy atom. The fourth-order valence-electron chi connectivity index (χ4n) is 5.67. The Morgan fingerprint density at radius 3 is 2.60 bits per heavy atom. The Kier molecular flexibility index (Phi) is 9.76. The van der Waals surface area contributed by atoms with E-state index in [1.54, 1.807) is 17.3 Å². The molecule has 0 bridgehead atoms. The number of thiophene rings is 1. The molecule has 0 saturated carbocycles. The van der Waals surface area contributed by atoms with E-state index in [0.717, 1.165) is 23.2 Å². The molecule has 0 radical (unpaired) electrons. The zero-order valence-electron chi connectivity index (χ0n) is 27.1. The molecule has 5 aromatic rings. The molecule has 1 aliphatic rings. The van der Waals surface area contributed by atoms with Crippen LogP contribution in [0.3, 0.4) is 0 Å². The molecule has 250 valence electrons. The van der Waals surface area contributed by atoms with E-state index in [1.807, 2.05) is 48.1 Å². The van der Waals surface area contributed by atoms with Crippen molar-refractivity contribution in [1.29, 1.82) is 0 Å². The van der Waals surface area contributed by atoms with Crippen LogP contribution in [0.15, 0.2) is 54.7 Å². The van der Waals surface area contributed by atoms with Crippen LogP contribution in [0.2, 0.25) is 0 Å². The van der Waals surface area contributed by atoms with Crippen LogP contribution in [0.25, 0.3) is 43.9 Å². The highest BCUT2D eigenvalue weighted by Crippen LogP contribution is 2.47. The predicted molar refractivity (Wildman–Crippen MR) is 179 cm³/mol. The molecule has 0 aliphatic carbocycles. The third-order valence-corrected chi connectivity index (χ3v) is 8.98. The molecule has 11 nitrogen and oxygen atoms in total. The molecule has 4 aromatic heterocycles. The highest BCUT2D eigenvalue weighted by molar-refractivity contribution is 7.18. The van der Waals surface area contributed by atoms with Crippen LogP contribution in [0, 0.1) is 11.6 Å². The molecule has 0 spiro atoms. The number of likely N-dealkylation sites (N-methyl/N-ethyl adjacent to an activating group) is 1. The summed E-state index contributed by atoms with van der Waals surface area (Å²) >= 11 is 1.39. The van der Waals surface area contributed by atoms with Crippen LogP contribution < -0.4 is 9.47 Å². The van der Waals surface area contributed by atoms with Crippen LogP contribution in [0.5, 0.6) is 11.8 Å². The number of carbonyl (C=O) groups is 1. The average molecular weight is 676 g/mol. The van der Waals surface area contributed by atoms with Crippen molar-refractivity contribution in [2.24, 2.45) is 0 Å². The minimum absolute atomic E-state index is 0.0118. The van der Waals surface area contributed by atoms with Gasteiger partial charge in [-0.05, 0) is 44.6 Å². The van der Waals surface area contributed by atoms with Crippen LogP contribution >= 0.6 is 11.3 Å². The normalized spacial score (nSPS) is 14.4. The van der Waals surface area contributed by atoms with Gasteiger partial charge < -0.3 is 24.0 Å². The number of carbonyl (C=O) groups excluding carboxylic acids is 1. The van der Waals surface area contributed by atoms with Crippen molar-refractivity contribution in [2.45, 2.75) is 19.5 Å². The minimum atomic E-state index is -0.810. The quantitative estimate of drug-likeness (QED) is 0.123. The van der Waals surface area contributed by atoms with Gasteiger partial charge in [0.25, 0.3) is 0 Å². The predicted octanol–water partition coefficient (Wildman–Crippen LogP) is 5.62. The molecule has 1 aromatic carbocycles. The van der Waals surface area contributed by atoms with Gasteiger partial charge in [0.15, 0.2) is 0 Å². The van der Waals surface area contributed by atoms with E-state index >= 15 is 4.39 Å². The molecular weight excluding hydrogens is 640 g/mol. The molecular formula is C34H35F2N7O4S. The van der Waals surface area contributed by atoms with Gasteiger partial charge in [-0.1, -0.05) is 6.58 Å². The van der Waals surface area contributed by atoms with Crippen LogP contribution in [0.4, 0.5) is 8.78 Å². The van der Waals surface area contributed by atoms with Gasteiger partial charge in [-0.2, -0.15) is 5.10 Å². The third-order valence-electron chi connectivity index (χ3n) is 8.05. The smallest absolute Gasteiger partial charge is 0.316 e. The van der Waals surface area contributed by atoms with Gasteiger partial charge in [0.2, 0.25) is 5.91 Å². The van der Waals surface area contributed by atoms with E-state index in [1.165, 1.54) is 24.5 Å². The number of hydrogen-bond acceptors (Lipinski definition) is 10. The van der Waals surface area contributed by atoms with Crippen molar-refractivity contribution in [1.82, 2.24) is 34.5 Å². The van der Waals surface area contributed by atoms with Crippen molar-refractivity contribution in [2.75, 3.05) is 54.1 Å². The molecule has 0 saturated heterocycles. The second kappa shape index (κ2) is 14.1. The topological polar surface area (TPSA) is 108 Å². The number of nitrogens with zero attached hydrogens (tertiary/aromatic N) is 7. The van der Waals surface area contributed by atoms with Gasteiger partial charge in [-0.3, -0.25) is 9.48 Å². The maximum Gasteiger partial charge on any atom is 0.316 e. The summed E-state index contributed by atoms with van der Waals surface area (Å²) in [6.45, 7) is 7.87. The summed E-state index contributed by atoms with van der Waals surface area (Å²) in [5, 5.41) is 7.50. The number of pyridine rings is 1. The van der Waals surface area contributed by atoms with E-state index in [2.05, 4.69) is 16.5 Å². The van der Waals surface area contributed by atoms with Crippen molar-refractivity contribution in [3.63, 3.8) is 0 Å². The third kappa shape index (κ3) is 6.50. The molecule has 0 fully saturated rings. The molecule has 6 rings (SSSR count). The lowest BCUT2D eigenvalue weighted by molar-refractivity contribution is -0.129. The van der Waals surface area contributed by atoms with Gasteiger partial charge in [-0.25, -0.2) is 23.7 Å². The molecule has 0 unspecified atom stereocenters. The van der Waals surface area contributed by atoms with Gasteiger partial charge in [-0.15, -0.1) is 11.3 Å². The zero-order valence-corrected chi connectivity index (χ0v) is 27.9. The number of amides is 1. The molecule has 48 heavy (non-hydrogen) atoms. The number of halogens is 2. The molecule has 1 atom stereocenters. The van der Waals surface area contributed by atoms with Crippen molar-refractivity contribution < 1.29 is 27.8 Å². The SMILES string of the molecule is C=CC(=O)N1CCn2nc(-c3nc(-c4cnc(OCCN(C)C)nc4)c4ccsc4c3-c3c(F)cc(F)cc3OCCOC)cc2[C@H]1C. The molecule has 14 heteroatoms. The summed E-state index contributed by atoms with van der Waals surface area (Å²) < 4.78 is 49.9. The Bertz CT molecular complexity index is 1960. The standard InChI is InChI=1S/C34H35F2N7O4S/c1-6-28(44)42-8-9-43-26(20(42)2)17-25(40-43)32-30(29-24(36)15-22(35)16-27(29)46-13-12-45-5)33-23(7-14-48-33)31(39-32)21-18-37-34(38-19-21)47-11-10-41(3)4/h6-7,14-20H,1,8-13H2,2-5H3/t20-/m1/s1. The number of rotatable bonds is 12. The van der Waals surface area contributed by atoms with Crippen LogP contribution in [-0.2, 0) is 16.1 Å². The Hall–Kier alpha value is -4.79. The average Bonchev–Trinajstić information content (AvgIpc) is 3.73. The molecule has 1 aliphatic heterocycles. The Balaban J connectivity index is 1.55. The van der Waals surface area contributed by atoms with E-state index in [4.69, 9.17) is 24.3 Å². The van der Waals surface area contributed by atoms with E-state index in [9.17, 15) is 9.18 Å². The first-order valence-corrected chi connectivity index (χ1v) is 16.2. The maximum atomic E-state index is 16.0. The van der Waals surface area contributed by atoms with Crippen LogP contribution in [-0.4, -0.2) is 94.6 Å². The number of methoxy groups -OCH3 is 1. The zero-order chi connectivity index (χ0) is 33.9. The lowest BCUT2D eigenvalue weighted by Gasteiger charge is -2.33. The lowest BCUT2D eigenvalue weighted by atomic mass is 9.96.